The summed E-state index contributed by atoms with van der Waals surface area (Å²) in [6, 6.07) is 18.5. The molecule has 0 saturated carbocycles. The zero-order valence-electron chi connectivity index (χ0n) is 14.3. The van der Waals surface area contributed by atoms with Crippen LogP contribution in [-0.2, 0) is 0 Å². The first-order valence-corrected chi connectivity index (χ1v) is 7.94. The first kappa shape index (κ1) is 17.7. The first-order chi connectivity index (χ1) is 11.4. The monoisotopic (exact) mass is 318 g/mol. The third kappa shape index (κ3) is 4.68. The fourth-order valence-corrected chi connectivity index (χ4v) is 2.33. The molecule has 0 aliphatic heterocycles. The molecular weight excluding hydrogens is 296 g/mol. The molecule has 0 aromatic heterocycles. The van der Waals surface area contributed by atoms with E-state index in [9.17, 15) is 9.90 Å². The van der Waals surface area contributed by atoms with Gasteiger partial charge in [0.25, 0.3) is 0 Å². The highest BCUT2D eigenvalue weighted by Gasteiger charge is 2.29. The zero-order valence-corrected chi connectivity index (χ0v) is 14.3. The van der Waals surface area contributed by atoms with Crippen molar-refractivity contribution in [3.63, 3.8) is 0 Å². The number of carbonyl (C=O) groups is 1. The normalized spacial score (nSPS) is 12.9. The van der Waals surface area contributed by atoms with Crippen LogP contribution in [0.15, 0.2) is 72.3 Å². The van der Waals surface area contributed by atoms with Crippen LogP contribution >= 0.6 is 0 Å². The van der Waals surface area contributed by atoms with Crippen molar-refractivity contribution >= 4 is 5.78 Å². The van der Waals surface area contributed by atoms with Crippen molar-refractivity contribution in [2.24, 2.45) is 5.41 Å². The number of Topliss-reactive ketones (excluding diaryl/α,β-unsaturated/α-hetero) is 1. The SMILES string of the molecule is CC(C)(C)/C(=C\C#Cc1ccccc1)C(O)C(=O)c1ccccc1. The predicted molar refractivity (Wildman–Crippen MR) is 97.6 cm³/mol. The van der Waals surface area contributed by atoms with Crippen LogP contribution in [0.2, 0.25) is 0 Å². The van der Waals surface area contributed by atoms with Gasteiger partial charge in [0, 0.05) is 11.1 Å². The molecule has 0 radical (unpaired) electrons. The highest BCUT2D eigenvalue weighted by atomic mass is 16.3. The molecule has 2 heteroatoms. The molecule has 0 amide bonds. The number of aliphatic hydroxyl groups excluding tert-OH is 1. The highest BCUT2D eigenvalue weighted by molar-refractivity contribution is 6.01. The second-order valence-corrected chi connectivity index (χ2v) is 6.62. The fourth-order valence-electron chi connectivity index (χ4n) is 2.33. The van der Waals surface area contributed by atoms with Gasteiger partial charge in [0.15, 0.2) is 5.78 Å². The first-order valence-electron chi connectivity index (χ1n) is 7.94. The second kappa shape index (κ2) is 7.77. The number of hydrogen-bond acceptors (Lipinski definition) is 2. The molecule has 2 aromatic carbocycles. The van der Waals surface area contributed by atoms with Gasteiger partial charge >= 0.3 is 0 Å². The quantitative estimate of drug-likeness (QED) is 0.678. The highest BCUT2D eigenvalue weighted by Crippen LogP contribution is 2.29. The Morgan fingerprint density at radius 3 is 2.08 bits per heavy atom. The number of allylic oxidation sites excluding steroid dienone is 1. The van der Waals surface area contributed by atoms with Gasteiger partial charge in [0.2, 0.25) is 0 Å². The van der Waals surface area contributed by atoms with Gasteiger partial charge in [0.05, 0.1) is 0 Å². The molecule has 0 fully saturated rings. The lowest BCUT2D eigenvalue weighted by Crippen LogP contribution is -2.29. The zero-order chi connectivity index (χ0) is 17.6. The van der Waals surface area contributed by atoms with Crippen LogP contribution < -0.4 is 0 Å². The number of benzene rings is 2. The minimum atomic E-state index is -1.20. The Balaban J connectivity index is 2.31. The lowest BCUT2D eigenvalue weighted by atomic mass is 9.80. The van der Waals surface area contributed by atoms with Crippen molar-refractivity contribution in [1.82, 2.24) is 0 Å². The van der Waals surface area contributed by atoms with Crippen molar-refractivity contribution in [2.75, 3.05) is 0 Å². The maximum atomic E-state index is 12.5. The second-order valence-electron chi connectivity index (χ2n) is 6.62. The Labute approximate surface area is 143 Å². The molecule has 0 bridgehead atoms. The van der Waals surface area contributed by atoms with Crippen LogP contribution in [-0.4, -0.2) is 17.0 Å². The number of carbonyl (C=O) groups excluding carboxylic acids is 1. The Bertz CT molecular complexity index is 769. The smallest absolute Gasteiger partial charge is 0.195 e. The van der Waals surface area contributed by atoms with Gasteiger partial charge < -0.3 is 5.11 Å². The Kier molecular flexibility index (Phi) is 5.73. The van der Waals surface area contributed by atoms with E-state index in [-0.39, 0.29) is 11.2 Å². The molecule has 122 valence electrons. The number of rotatable bonds is 3. The summed E-state index contributed by atoms with van der Waals surface area (Å²) < 4.78 is 0. The Morgan fingerprint density at radius 2 is 1.54 bits per heavy atom. The van der Waals surface area contributed by atoms with Crippen LogP contribution in [0.1, 0.15) is 36.7 Å². The van der Waals surface area contributed by atoms with E-state index in [1.807, 2.05) is 57.2 Å². The molecule has 0 spiro atoms. The predicted octanol–water partition coefficient (Wildman–Crippen LogP) is 4.25. The molecule has 2 aromatic rings. The molecular formula is C22H22O2. The lowest BCUT2D eigenvalue weighted by molar-refractivity contribution is 0.0776. The summed E-state index contributed by atoms with van der Waals surface area (Å²) >= 11 is 0. The minimum absolute atomic E-state index is 0.307. The maximum absolute atomic E-state index is 12.5. The van der Waals surface area contributed by atoms with Crippen LogP contribution in [0.5, 0.6) is 0 Å². The van der Waals surface area contributed by atoms with Crippen LogP contribution in [0.3, 0.4) is 0 Å². The van der Waals surface area contributed by atoms with E-state index in [1.165, 1.54) is 0 Å². The van der Waals surface area contributed by atoms with Crippen molar-refractivity contribution in [3.05, 3.63) is 83.4 Å². The molecule has 0 saturated heterocycles. The summed E-state index contributed by atoms with van der Waals surface area (Å²) in [4.78, 5) is 12.5. The summed E-state index contributed by atoms with van der Waals surface area (Å²) in [5, 5.41) is 10.6. The lowest BCUT2D eigenvalue weighted by Gasteiger charge is -2.26. The average Bonchev–Trinajstić information content (AvgIpc) is 2.58. The standard InChI is InChI=1S/C22H22O2/c1-22(2,3)19(16-10-13-17-11-6-4-7-12-17)21(24)20(23)18-14-8-5-9-15-18/h4-9,11-12,14-16,21,24H,1-3H3/b19-16-. The Morgan fingerprint density at radius 1 is 1.00 bits per heavy atom. The third-order valence-corrected chi connectivity index (χ3v) is 3.69. The van der Waals surface area contributed by atoms with E-state index in [2.05, 4.69) is 11.8 Å². The average molecular weight is 318 g/mol. The summed E-state index contributed by atoms with van der Waals surface area (Å²) in [6.45, 7) is 5.89. The molecule has 0 aliphatic rings. The maximum Gasteiger partial charge on any atom is 0.195 e. The van der Waals surface area contributed by atoms with Gasteiger partial charge in [-0.1, -0.05) is 81.1 Å². The van der Waals surface area contributed by atoms with Crippen LogP contribution in [0.4, 0.5) is 0 Å². The Hall–Kier alpha value is -2.63. The number of ketones is 1. The van der Waals surface area contributed by atoms with Crippen LogP contribution in [0, 0.1) is 17.3 Å². The topological polar surface area (TPSA) is 37.3 Å². The molecule has 2 rings (SSSR count). The molecule has 0 aliphatic carbocycles. The summed E-state index contributed by atoms with van der Waals surface area (Å²) in [7, 11) is 0. The molecule has 24 heavy (non-hydrogen) atoms. The summed E-state index contributed by atoms with van der Waals surface area (Å²) in [5.41, 5.74) is 1.64. The van der Waals surface area contributed by atoms with Crippen molar-refractivity contribution in [3.8, 4) is 11.8 Å². The number of hydrogen-bond donors (Lipinski definition) is 1. The van der Waals surface area contributed by atoms with Crippen molar-refractivity contribution < 1.29 is 9.90 Å². The van der Waals surface area contributed by atoms with E-state index in [4.69, 9.17) is 0 Å². The van der Waals surface area contributed by atoms with Gasteiger partial charge in [0.1, 0.15) is 6.10 Å². The van der Waals surface area contributed by atoms with E-state index >= 15 is 0 Å². The summed E-state index contributed by atoms with van der Waals surface area (Å²) in [5.74, 6) is 5.70. The van der Waals surface area contributed by atoms with Crippen molar-refractivity contribution in [2.45, 2.75) is 26.9 Å². The van der Waals surface area contributed by atoms with Gasteiger partial charge in [-0.2, -0.15) is 0 Å². The summed E-state index contributed by atoms with van der Waals surface area (Å²) in [6.07, 6.45) is 0.468. The van der Waals surface area contributed by atoms with Gasteiger partial charge in [-0.25, -0.2) is 0 Å². The minimum Gasteiger partial charge on any atom is -0.380 e. The number of aliphatic hydroxyl groups is 1. The van der Waals surface area contributed by atoms with Crippen molar-refractivity contribution in [1.29, 1.82) is 0 Å². The van der Waals surface area contributed by atoms with E-state index < -0.39 is 6.10 Å². The van der Waals surface area contributed by atoms with E-state index in [1.54, 1.807) is 30.3 Å². The molecule has 2 nitrogen and oxygen atoms in total. The van der Waals surface area contributed by atoms with Gasteiger partial charge in [-0.15, -0.1) is 0 Å². The van der Waals surface area contributed by atoms with Crippen LogP contribution in [0.25, 0.3) is 0 Å². The fraction of sp³-hybridized carbons (Fsp3) is 0.227. The molecule has 1 unspecified atom stereocenters. The van der Waals surface area contributed by atoms with Gasteiger partial charge in [-0.3, -0.25) is 4.79 Å². The largest absolute Gasteiger partial charge is 0.380 e. The van der Waals surface area contributed by atoms with E-state index in [0.29, 0.717) is 11.1 Å². The third-order valence-electron chi connectivity index (χ3n) is 3.69. The van der Waals surface area contributed by atoms with Gasteiger partial charge in [-0.05, 0) is 29.2 Å². The molecule has 1 N–H and O–H groups in total. The van der Waals surface area contributed by atoms with E-state index in [0.717, 1.165) is 5.56 Å². The molecule has 1 atom stereocenters. The molecule has 0 heterocycles.